The van der Waals surface area contributed by atoms with Gasteiger partial charge in [0.15, 0.2) is 5.82 Å². The van der Waals surface area contributed by atoms with Gasteiger partial charge in [0.05, 0.1) is 0 Å². The molecule has 0 atom stereocenters. The Morgan fingerprint density at radius 1 is 1.07 bits per heavy atom. The summed E-state index contributed by atoms with van der Waals surface area (Å²) in [6.45, 7) is 1.28. The third-order valence-electron chi connectivity index (χ3n) is 4.26. The van der Waals surface area contributed by atoms with Crippen molar-refractivity contribution in [1.29, 1.82) is 0 Å². The predicted molar refractivity (Wildman–Crippen MR) is 116 cm³/mol. The third kappa shape index (κ3) is 4.36. The summed E-state index contributed by atoms with van der Waals surface area (Å²) >= 11 is 19.9. The first-order valence-electron chi connectivity index (χ1n) is 8.36. The van der Waals surface area contributed by atoms with Crippen LogP contribution in [0.1, 0.15) is 5.56 Å². The number of aromatic nitrogens is 4. The molecule has 3 aromatic rings. The van der Waals surface area contributed by atoms with Crippen molar-refractivity contribution in [2.24, 2.45) is 0 Å². The fourth-order valence-corrected chi connectivity index (χ4v) is 5.56. The minimum absolute atomic E-state index is 0.135. The first kappa shape index (κ1) is 20.1. The van der Waals surface area contributed by atoms with Crippen molar-refractivity contribution in [3.63, 3.8) is 0 Å². The minimum atomic E-state index is -0.783. The van der Waals surface area contributed by atoms with Gasteiger partial charge in [0.2, 0.25) is 5.28 Å². The summed E-state index contributed by atoms with van der Waals surface area (Å²) in [6.07, 6.45) is 1.50. The summed E-state index contributed by atoms with van der Waals surface area (Å²) in [5.41, 5.74) is 2.18. The van der Waals surface area contributed by atoms with Crippen molar-refractivity contribution in [1.82, 2.24) is 19.9 Å². The van der Waals surface area contributed by atoms with Crippen LogP contribution in [0.5, 0.6) is 0 Å². The van der Waals surface area contributed by atoms with Gasteiger partial charge in [-0.3, -0.25) is 4.21 Å². The maximum absolute atomic E-state index is 11.7. The lowest BCUT2D eigenvalue weighted by molar-refractivity contribution is 0.672. The zero-order valence-corrected chi connectivity index (χ0v) is 18.3. The van der Waals surface area contributed by atoms with Crippen LogP contribution < -0.4 is 4.90 Å². The predicted octanol–water partition coefficient (Wildman–Crippen LogP) is 4.24. The Morgan fingerprint density at radius 3 is 2.61 bits per heavy atom. The molecule has 0 saturated carbocycles. The molecular formula is C17H14Cl3N5OS2. The number of thioether (sulfide) groups is 1. The molecule has 0 N–H and O–H groups in total. The van der Waals surface area contributed by atoms with E-state index >= 15 is 0 Å². The minimum Gasteiger partial charge on any atom is -0.353 e. The lowest BCUT2D eigenvalue weighted by atomic mass is 10.2. The highest BCUT2D eigenvalue weighted by Gasteiger charge is 2.22. The van der Waals surface area contributed by atoms with Gasteiger partial charge in [0.25, 0.3) is 0 Å². The fourth-order valence-electron chi connectivity index (χ4n) is 2.85. The number of anilines is 1. The van der Waals surface area contributed by atoms with E-state index in [2.05, 4.69) is 24.8 Å². The standard InChI is InChI=1S/C17H14Cl3N5OS2/c18-11-2-1-10(12(19)7-11)8-27-16-14-13(21-9-22-16)15(24-17(20)23-14)25-3-5-28(26)6-4-25/h1-2,7,9H,3-6,8H2. The van der Waals surface area contributed by atoms with Crippen LogP contribution in [0, 0.1) is 0 Å². The normalized spacial score (nSPS) is 15.3. The molecular weight excluding hydrogens is 461 g/mol. The lowest BCUT2D eigenvalue weighted by Crippen LogP contribution is -2.38. The summed E-state index contributed by atoms with van der Waals surface area (Å²) < 4.78 is 11.7. The summed E-state index contributed by atoms with van der Waals surface area (Å²) in [5, 5.41) is 2.03. The van der Waals surface area contributed by atoms with Gasteiger partial charge in [-0.2, -0.15) is 4.98 Å². The summed E-state index contributed by atoms with van der Waals surface area (Å²) in [5.74, 6) is 2.46. The largest absolute Gasteiger partial charge is 0.353 e. The van der Waals surface area contributed by atoms with Crippen LogP contribution in [-0.4, -0.2) is 48.7 Å². The van der Waals surface area contributed by atoms with E-state index in [9.17, 15) is 4.21 Å². The number of nitrogens with zero attached hydrogens (tertiary/aromatic N) is 5. The molecule has 0 radical (unpaired) electrons. The average molecular weight is 475 g/mol. The van der Waals surface area contributed by atoms with Crippen LogP contribution >= 0.6 is 46.6 Å². The van der Waals surface area contributed by atoms with Gasteiger partial charge in [-0.25, -0.2) is 15.0 Å². The molecule has 1 fully saturated rings. The van der Waals surface area contributed by atoms with Crippen molar-refractivity contribution >= 4 is 74.2 Å². The summed E-state index contributed by atoms with van der Waals surface area (Å²) in [4.78, 5) is 19.6. The Morgan fingerprint density at radius 2 is 1.86 bits per heavy atom. The maximum Gasteiger partial charge on any atom is 0.225 e. The van der Waals surface area contributed by atoms with Crippen LogP contribution in [0.2, 0.25) is 15.3 Å². The quantitative estimate of drug-likeness (QED) is 0.318. The maximum atomic E-state index is 11.7. The van der Waals surface area contributed by atoms with E-state index in [-0.39, 0.29) is 5.28 Å². The second-order valence-corrected chi connectivity index (χ2v) is 9.89. The SMILES string of the molecule is O=S1CCN(c2nc(Cl)nc3c(SCc4ccc(Cl)cc4Cl)ncnc23)CC1. The van der Waals surface area contributed by atoms with Crippen LogP contribution in [0.25, 0.3) is 11.0 Å². The van der Waals surface area contributed by atoms with Crippen LogP contribution in [0.15, 0.2) is 29.6 Å². The fraction of sp³-hybridized carbons (Fsp3) is 0.294. The van der Waals surface area contributed by atoms with E-state index in [4.69, 9.17) is 34.8 Å². The zero-order chi connectivity index (χ0) is 19.7. The molecule has 4 rings (SSSR count). The molecule has 2 aromatic heterocycles. The van der Waals surface area contributed by atoms with E-state index in [0.717, 1.165) is 5.56 Å². The zero-order valence-electron chi connectivity index (χ0n) is 14.4. The number of rotatable bonds is 4. The highest BCUT2D eigenvalue weighted by molar-refractivity contribution is 7.98. The Bertz CT molecular complexity index is 1060. The van der Waals surface area contributed by atoms with E-state index in [1.54, 1.807) is 12.1 Å². The molecule has 3 heterocycles. The van der Waals surface area contributed by atoms with Gasteiger partial charge in [0, 0.05) is 51.2 Å². The molecule has 0 bridgehead atoms. The molecule has 146 valence electrons. The first-order valence-corrected chi connectivity index (χ1v) is 12.0. The van der Waals surface area contributed by atoms with Gasteiger partial charge in [-0.15, -0.1) is 0 Å². The van der Waals surface area contributed by atoms with Gasteiger partial charge in [0.1, 0.15) is 22.4 Å². The number of hydrogen-bond donors (Lipinski definition) is 0. The van der Waals surface area contributed by atoms with Crippen molar-refractivity contribution in [3.8, 4) is 0 Å². The molecule has 1 aliphatic rings. The number of halogens is 3. The molecule has 0 aliphatic carbocycles. The van der Waals surface area contributed by atoms with E-state index in [1.807, 2.05) is 6.07 Å². The van der Waals surface area contributed by atoms with Crippen molar-refractivity contribution < 1.29 is 4.21 Å². The molecule has 28 heavy (non-hydrogen) atoms. The first-order chi connectivity index (χ1) is 13.5. The second kappa shape index (κ2) is 8.67. The molecule has 1 saturated heterocycles. The molecule has 6 nitrogen and oxygen atoms in total. The van der Waals surface area contributed by atoms with Gasteiger partial charge < -0.3 is 4.90 Å². The van der Waals surface area contributed by atoms with Crippen molar-refractivity contribution in [2.75, 3.05) is 29.5 Å². The van der Waals surface area contributed by atoms with E-state index in [0.29, 0.717) is 62.3 Å². The van der Waals surface area contributed by atoms with Crippen LogP contribution in [0.3, 0.4) is 0 Å². The molecule has 1 aliphatic heterocycles. The molecule has 0 unspecified atom stereocenters. The second-order valence-electron chi connectivity index (χ2n) is 6.05. The number of fused-ring (bicyclic) bond motifs is 1. The van der Waals surface area contributed by atoms with Crippen molar-refractivity contribution in [2.45, 2.75) is 10.8 Å². The van der Waals surface area contributed by atoms with Gasteiger partial charge >= 0.3 is 0 Å². The lowest BCUT2D eigenvalue weighted by Gasteiger charge is -2.27. The monoisotopic (exact) mass is 473 g/mol. The molecule has 0 amide bonds. The third-order valence-corrected chi connectivity index (χ3v) is 7.32. The molecule has 1 aromatic carbocycles. The molecule has 0 spiro atoms. The summed E-state index contributed by atoms with van der Waals surface area (Å²) in [6, 6.07) is 5.41. The Hall–Kier alpha value is -1.19. The summed E-state index contributed by atoms with van der Waals surface area (Å²) in [7, 11) is -0.783. The van der Waals surface area contributed by atoms with Crippen LogP contribution in [-0.2, 0) is 16.6 Å². The molecule has 11 heteroatoms. The Kier molecular flexibility index (Phi) is 6.22. The topological polar surface area (TPSA) is 71.9 Å². The van der Waals surface area contributed by atoms with Gasteiger partial charge in [-0.1, -0.05) is 41.0 Å². The average Bonchev–Trinajstić information content (AvgIpc) is 2.67. The highest BCUT2D eigenvalue weighted by Crippen LogP contribution is 2.33. The number of hydrogen-bond acceptors (Lipinski definition) is 7. The van der Waals surface area contributed by atoms with E-state index in [1.165, 1.54) is 18.1 Å². The van der Waals surface area contributed by atoms with Crippen molar-refractivity contribution in [3.05, 3.63) is 45.4 Å². The van der Waals surface area contributed by atoms with Crippen LogP contribution in [0.4, 0.5) is 5.82 Å². The Labute approximate surface area is 183 Å². The number of benzene rings is 1. The van der Waals surface area contributed by atoms with E-state index < -0.39 is 10.8 Å². The smallest absolute Gasteiger partial charge is 0.225 e. The Balaban J connectivity index is 1.67. The van der Waals surface area contributed by atoms with Gasteiger partial charge in [-0.05, 0) is 29.3 Å². The highest BCUT2D eigenvalue weighted by atomic mass is 35.5.